The number of ether oxygens (including phenoxy) is 1. The fourth-order valence-electron chi connectivity index (χ4n) is 0.819. The summed E-state index contributed by atoms with van der Waals surface area (Å²) >= 11 is 0. The van der Waals surface area contributed by atoms with Crippen molar-refractivity contribution in [2.45, 2.75) is 11.9 Å². The number of pyridine rings is 1. The van der Waals surface area contributed by atoms with Crippen molar-refractivity contribution in [3.05, 3.63) is 18.3 Å². The summed E-state index contributed by atoms with van der Waals surface area (Å²) in [5, 5.41) is 0.0933. The Morgan fingerprint density at radius 1 is 1.46 bits per heavy atom. The first-order chi connectivity index (χ1) is 6.10. The zero-order valence-electron chi connectivity index (χ0n) is 7.52. The topological polar surface area (TPSA) is 56.3 Å². The largest absolute Gasteiger partial charge is 0.495 e. The van der Waals surface area contributed by atoms with Crippen LogP contribution >= 0.6 is 0 Å². The van der Waals surface area contributed by atoms with Crippen LogP contribution < -0.4 is 4.74 Å². The summed E-state index contributed by atoms with van der Waals surface area (Å²) in [5.41, 5.74) is 0. The molecule has 1 rings (SSSR count). The quantitative estimate of drug-likeness (QED) is 0.728. The van der Waals surface area contributed by atoms with Gasteiger partial charge in [-0.1, -0.05) is 6.92 Å². The molecule has 0 radical (unpaired) electrons. The Bertz CT molecular complexity index is 369. The van der Waals surface area contributed by atoms with Gasteiger partial charge in [0.1, 0.15) is 5.75 Å². The van der Waals surface area contributed by atoms with Gasteiger partial charge in [-0.25, -0.2) is 13.4 Å². The molecule has 4 nitrogen and oxygen atoms in total. The minimum atomic E-state index is -3.19. The number of hydrogen-bond acceptors (Lipinski definition) is 4. The Labute approximate surface area is 77.5 Å². The van der Waals surface area contributed by atoms with Crippen molar-refractivity contribution in [3.8, 4) is 5.75 Å². The zero-order valence-corrected chi connectivity index (χ0v) is 8.34. The highest BCUT2D eigenvalue weighted by Crippen LogP contribution is 2.12. The van der Waals surface area contributed by atoms with Crippen LogP contribution in [0.5, 0.6) is 5.75 Å². The van der Waals surface area contributed by atoms with E-state index in [0.29, 0.717) is 5.75 Å². The lowest BCUT2D eigenvalue weighted by molar-refractivity contribution is 0.412. The summed E-state index contributed by atoms with van der Waals surface area (Å²) in [4.78, 5) is 3.78. The van der Waals surface area contributed by atoms with Gasteiger partial charge in [0.25, 0.3) is 0 Å². The second kappa shape index (κ2) is 3.74. The lowest BCUT2D eigenvalue weighted by Crippen LogP contribution is -2.05. The predicted molar refractivity (Wildman–Crippen MR) is 48.5 cm³/mol. The molecule has 0 amide bonds. The van der Waals surface area contributed by atoms with E-state index in [9.17, 15) is 8.42 Å². The highest BCUT2D eigenvalue weighted by atomic mass is 32.2. The van der Waals surface area contributed by atoms with Gasteiger partial charge in [-0.05, 0) is 12.1 Å². The third kappa shape index (κ3) is 2.18. The molecule has 0 aliphatic carbocycles. The average Bonchev–Trinajstić information content (AvgIpc) is 2.18. The van der Waals surface area contributed by atoms with E-state index in [-0.39, 0.29) is 10.8 Å². The molecule has 1 heterocycles. The molecule has 0 saturated carbocycles. The monoisotopic (exact) mass is 201 g/mol. The molecular weight excluding hydrogens is 190 g/mol. The Balaban J connectivity index is 3.06. The summed E-state index contributed by atoms with van der Waals surface area (Å²) < 4.78 is 27.5. The van der Waals surface area contributed by atoms with Crippen molar-refractivity contribution in [1.29, 1.82) is 0 Å². The minimum absolute atomic E-state index is 0.0618. The van der Waals surface area contributed by atoms with Gasteiger partial charge >= 0.3 is 0 Å². The van der Waals surface area contributed by atoms with E-state index in [0.717, 1.165) is 0 Å². The van der Waals surface area contributed by atoms with Crippen LogP contribution in [0.3, 0.4) is 0 Å². The molecule has 1 aromatic rings. The Kier molecular flexibility index (Phi) is 2.87. The summed E-state index contributed by atoms with van der Waals surface area (Å²) in [6.45, 7) is 1.58. The van der Waals surface area contributed by atoms with E-state index in [1.807, 2.05) is 0 Å². The van der Waals surface area contributed by atoms with Gasteiger partial charge < -0.3 is 4.74 Å². The lowest BCUT2D eigenvalue weighted by atomic mass is 10.5. The van der Waals surface area contributed by atoms with Crippen LogP contribution in [0.25, 0.3) is 0 Å². The third-order valence-electron chi connectivity index (χ3n) is 1.64. The van der Waals surface area contributed by atoms with Crippen LogP contribution in [0.4, 0.5) is 0 Å². The van der Waals surface area contributed by atoms with Gasteiger partial charge in [0.05, 0.1) is 19.1 Å². The summed E-state index contributed by atoms with van der Waals surface area (Å²) in [6, 6.07) is 3.02. The van der Waals surface area contributed by atoms with Crippen LogP contribution in [0.1, 0.15) is 6.92 Å². The van der Waals surface area contributed by atoms with Crippen molar-refractivity contribution in [3.63, 3.8) is 0 Å². The number of hydrogen-bond donors (Lipinski definition) is 0. The molecule has 0 saturated heterocycles. The third-order valence-corrected chi connectivity index (χ3v) is 3.28. The van der Waals surface area contributed by atoms with Crippen LogP contribution in [-0.4, -0.2) is 26.3 Å². The Morgan fingerprint density at radius 3 is 2.54 bits per heavy atom. The van der Waals surface area contributed by atoms with Crippen LogP contribution in [0, 0.1) is 0 Å². The van der Waals surface area contributed by atoms with Gasteiger partial charge in [0.2, 0.25) is 0 Å². The summed E-state index contributed by atoms with van der Waals surface area (Å²) in [7, 11) is -1.68. The van der Waals surface area contributed by atoms with Gasteiger partial charge in [-0.2, -0.15) is 0 Å². The van der Waals surface area contributed by atoms with Crippen molar-refractivity contribution in [2.75, 3.05) is 12.9 Å². The molecule has 0 bridgehead atoms. The Hall–Kier alpha value is -1.10. The van der Waals surface area contributed by atoms with E-state index < -0.39 is 9.84 Å². The molecule has 0 spiro atoms. The predicted octanol–water partition coefficient (Wildman–Crippen LogP) is 0.884. The molecule has 0 N–H and O–H groups in total. The van der Waals surface area contributed by atoms with Crippen molar-refractivity contribution in [2.24, 2.45) is 0 Å². The normalized spacial score (nSPS) is 11.2. The van der Waals surface area contributed by atoms with E-state index in [1.165, 1.54) is 19.4 Å². The molecular formula is C8H11NO3S. The Morgan fingerprint density at radius 2 is 2.15 bits per heavy atom. The number of sulfone groups is 1. The highest BCUT2D eigenvalue weighted by molar-refractivity contribution is 7.91. The SMILES string of the molecule is CCS(=O)(=O)c1ccc(OC)cn1. The van der Waals surface area contributed by atoms with Crippen LogP contribution in [-0.2, 0) is 9.84 Å². The smallest absolute Gasteiger partial charge is 0.195 e. The van der Waals surface area contributed by atoms with Gasteiger partial charge in [-0.15, -0.1) is 0 Å². The minimum Gasteiger partial charge on any atom is -0.495 e. The zero-order chi connectivity index (χ0) is 9.90. The highest BCUT2D eigenvalue weighted by Gasteiger charge is 2.12. The molecule has 0 aliphatic heterocycles. The molecule has 0 aromatic carbocycles. The maximum absolute atomic E-state index is 11.3. The van der Waals surface area contributed by atoms with E-state index >= 15 is 0 Å². The number of aromatic nitrogens is 1. The maximum Gasteiger partial charge on any atom is 0.195 e. The molecule has 72 valence electrons. The molecule has 13 heavy (non-hydrogen) atoms. The fraction of sp³-hybridized carbons (Fsp3) is 0.375. The van der Waals surface area contributed by atoms with Gasteiger partial charge in [-0.3, -0.25) is 0 Å². The first kappa shape index (κ1) is 9.98. The second-order valence-electron chi connectivity index (χ2n) is 2.44. The molecule has 0 fully saturated rings. The van der Waals surface area contributed by atoms with E-state index in [4.69, 9.17) is 4.74 Å². The molecule has 0 atom stereocenters. The number of methoxy groups -OCH3 is 1. The van der Waals surface area contributed by atoms with Gasteiger partial charge in [0.15, 0.2) is 14.9 Å². The lowest BCUT2D eigenvalue weighted by Gasteiger charge is -2.01. The van der Waals surface area contributed by atoms with Crippen LogP contribution in [0.15, 0.2) is 23.4 Å². The first-order valence-corrected chi connectivity index (χ1v) is 5.48. The maximum atomic E-state index is 11.3. The molecule has 0 aliphatic rings. The second-order valence-corrected chi connectivity index (χ2v) is 4.66. The van der Waals surface area contributed by atoms with Crippen molar-refractivity contribution in [1.82, 2.24) is 4.98 Å². The van der Waals surface area contributed by atoms with Crippen LogP contribution in [0.2, 0.25) is 0 Å². The van der Waals surface area contributed by atoms with Crippen molar-refractivity contribution >= 4 is 9.84 Å². The summed E-state index contributed by atoms with van der Waals surface area (Å²) in [5.74, 6) is 0.613. The fourth-order valence-corrected chi connectivity index (χ4v) is 1.60. The number of rotatable bonds is 3. The summed E-state index contributed by atoms with van der Waals surface area (Å²) in [6.07, 6.45) is 1.39. The van der Waals surface area contributed by atoms with Gasteiger partial charge in [0, 0.05) is 0 Å². The van der Waals surface area contributed by atoms with Crippen molar-refractivity contribution < 1.29 is 13.2 Å². The van der Waals surface area contributed by atoms with E-state index in [1.54, 1.807) is 13.0 Å². The molecule has 5 heteroatoms. The first-order valence-electron chi connectivity index (χ1n) is 3.83. The molecule has 0 unspecified atom stereocenters. The standard InChI is InChI=1S/C8H11NO3S/c1-3-13(10,11)8-5-4-7(12-2)6-9-8/h4-6H,3H2,1-2H3. The number of nitrogens with zero attached hydrogens (tertiary/aromatic N) is 1. The molecule has 1 aromatic heterocycles. The van der Waals surface area contributed by atoms with E-state index in [2.05, 4.69) is 4.98 Å². The average molecular weight is 201 g/mol.